The second kappa shape index (κ2) is 4.18. The van der Waals surface area contributed by atoms with E-state index in [1.54, 1.807) is 31.3 Å². The van der Waals surface area contributed by atoms with Gasteiger partial charge in [-0.15, -0.1) is 0 Å². The number of nitrogen functional groups attached to an aromatic ring is 1. The standard InChI is InChI=1S/C12H12FN3/c1-8-2-3-9(6-11(8)13)16-10-4-5-12(14)15-7-10/h2-7,16H,1H3,(H2,14,15). The average Bonchev–Trinajstić information content (AvgIpc) is 2.27. The lowest BCUT2D eigenvalue weighted by Crippen LogP contribution is -1.94. The zero-order chi connectivity index (χ0) is 11.5. The van der Waals surface area contributed by atoms with E-state index in [9.17, 15) is 4.39 Å². The number of nitrogens with one attached hydrogen (secondary N) is 1. The molecule has 1 aromatic heterocycles. The van der Waals surface area contributed by atoms with E-state index < -0.39 is 0 Å². The van der Waals surface area contributed by atoms with Gasteiger partial charge >= 0.3 is 0 Å². The number of aryl methyl sites for hydroxylation is 1. The van der Waals surface area contributed by atoms with Crippen LogP contribution < -0.4 is 11.1 Å². The minimum absolute atomic E-state index is 0.228. The summed E-state index contributed by atoms with van der Waals surface area (Å²) in [7, 11) is 0. The summed E-state index contributed by atoms with van der Waals surface area (Å²) in [5.74, 6) is 0.231. The molecule has 0 saturated carbocycles. The molecule has 0 aliphatic carbocycles. The highest BCUT2D eigenvalue weighted by Gasteiger charge is 1.99. The number of halogens is 1. The van der Waals surface area contributed by atoms with Crippen LogP contribution in [-0.2, 0) is 0 Å². The molecule has 0 amide bonds. The highest BCUT2D eigenvalue weighted by molar-refractivity contribution is 5.60. The van der Waals surface area contributed by atoms with E-state index in [4.69, 9.17) is 5.73 Å². The minimum atomic E-state index is -0.228. The third kappa shape index (κ3) is 2.28. The maximum absolute atomic E-state index is 13.3. The Balaban J connectivity index is 2.20. The molecule has 0 bridgehead atoms. The van der Waals surface area contributed by atoms with Gasteiger partial charge in [-0.25, -0.2) is 9.37 Å². The van der Waals surface area contributed by atoms with E-state index in [-0.39, 0.29) is 5.82 Å². The van der Waals surface area contributed by atoms with Crippen LogP contribution in [0.15, 0.2) is 36.5 Å². The summed E-state index contributed by atoms with van der Waals surface area (Å²) in [6, 6.07) is 8.47. The predicted molar refractivity (Wildman–Crippen MR) is 63.1 cm³/mol. The van der Waals surface area contributed by atoms with Crippen molar-refractivity contribution < 1.29 is 4.39 Å². The van der Waals surface area contributed by atoms with Crippen molar-refractivity contribution >= 4 is 17.2 Å². The smallest absolute Gasteiger partial charge is 0.128 e. The van der Waals surface area contributed by atoms with Crippen molar-refractivity contribution in [2.24, 2.45) is 0 Å². The van der Waals surface area contributed by atoms with Gasteiger partial charge in [0.1, 0.15) is 11.6 Å². The van der Waals surface area contributed by atoms with Gasteiger partial charge in [0.15, 0.2) is 0 Å². The normalized spacial score (nSPS) is 10.1. The van der Waals surface area contributed by atoms with Crippen molar-refractivity contribution in [1.29, 1.82) is 0 Å². The molecule has 0 spiro atoms. The average molecular weight is 217 g/mol. The number of benzene rings is 1. The Bertz CT molecular complexity index is 494. The molecule has 4 heteroatoms. The monoisotopic (exact) mass is 217 g/mol. The molecule has 3 nitrogen and oxygen atoms in total. The second-order valence-electron chi connectivity index (χ2n) is 3.56. The number of hydrogen-bond acceptors (Lipinski definition) is 3. The minimum Gasteiger partial charge on any atom is -0.384 e. The molecule has 0 aliphatic heterocycles. The molecule has 2 rings (SSSR count). The summed E-state index contributed by atoms with van der Waals surface area (Å²) in [4.78, 5) is 3.94. The van der Waals surface area contributed by atoms with Gasteiger partial charge < -0.3 is 11.1 Å². The number of pyridine rings is 1. The van der Waals surface area contributed by atoms with Crippen molar-refractivity contribution in [2.45, 2.75) is 6.92 Å². The quantitative estimate of drug-likeness (QED) is 0.813. The fourth-order valence-electron chi connectivity index (χ4n) is 1.32. The Hall–Kier alpha value is -2.10. The van der Waals surface area contributed by atoms with Crippen molar-refractivity contribution in [1.82, 2.24) is 4.98 Å². The number of hydrogen-bond donors (Lipinski definition) is 2. The molecular formula is C12H12FN3. The third-order valence-electron chi connectivity index (χ3n) is 2.25. The molecule has 0 aliphatic rings. The number of rotatable bonds is 2. The largest absolute Gasteiger partial charge is 0.384 e. The summed E-state index contributed by atoms with van der Waals surface area (Å²) in [5, 5.41) is 3.04. The van der Waals surface area contributed by atoms with Gasteiger partial charge in [-0.2, -0.15) is 0 Å². The van der Waals surface area contributed by atoms with Crippen molar-refractivity contribution in [2.75, 3.05) is 11.1 Å². The zero-order valence-electron chi connectivity index (χ0n) is 8.87. The van der Waals surface area contributed by atoms with Gasteiger partial charge in [-0.3, -0.25) is 0 Å². The fraction of sp³-hybridized carbons (Fsp3) is 0.0833. The van der Waals surface area contributed by atoms with Crippen molar-refractivity contribution in [3.05, 3.63) is 47.9 Å². The highest BCUT2D eigenvalue weighted by Crippen LogP contribution is 2.18. The van der Waals surface area contributed by atoms with E-state index >= 15 is 0 Å². The number of nitrogens with zero attached hydrogens (tertiary/aromatic N) is 1. The van der Waals surface area contributed by atoms with Gasteiger partial charge in [0.2, 0.25) is 0 Å². The Morgan fingerprint density at radius 3 is 2.56 bits per heavy atom. The molecule has 1 aromatic carbocycles. The first-order chi connectivity index (χ1) is 7.65. The van der Waals surface area contributed by atoms with Crippen LogP contribution in [0.1, 0.15) is 5.56 Å². The molecule has 0 unspecified atom stereocenters. The van der Waals surface area contributed by atoms with Crippen LogP contribution >= 0.6 is 0 Å². The Labute approximate surface area is 93.1 Å². The molecule has 82 valence electrons. The van der Waals surface area contributed by atoms with Crippen LogP contribution in [0, 0.1) is 12.7 Å². The highest BCUT2D eigenvalue weighted by atomic mass is 19.1. The topological polar surface area (TPSA) is 50.9 Å². The summed E-state index contributed by atoms with van der Waals surface area (Å²) in [6.45, 7) is 1.73. The number of nitrogens with two attached hydrogens (primary N) is 1. The molecule has 1 heterocycles. The Morgan fingerprint density at radius 1 is 1.19 bits per heavy atom. The van der Waals surface area contributed by atoms with Crippen LogP contribution in [-0.4, -0.2) is 4.98 Å². The van der Waals surface area contributed by atoms with Gasteiger partial charge in [0.25, 0.3) is 0 Å². The molecule has 16 heavy (non-hydrogen) atoms. The summed E-state index contributed by atoms with van der Waals surface area (Å²) in [6.07, 6.45) is 1.60. The predicted octanol–water partition coefficient (Wildman–Crippen LogP) is 2.85. The van der Waals surface area contributed by atoms with Crippen LogP contribution in [0.25, 0.3) is 0 Å². The summed E-state index contributed by atoms with van der Waals surface area (Å²) < 4.78 is 13.3. The first-order valence-electron chi connectivity index (χ1n) is 4.90. The van der Waals surface area contributed by atoms with Crippen LogP contribution in [0.4, 0.5) is 21.6 Å². The lowest BCUT2D eigenvalue weighted by atomic mass is 10.2. The van der Waals surface area contributed by atoms with E-state index in [0.29, 0.717) is 17.1 Å². The molecule has 0 radical (unpaired) electrons. The molecule has 0 saturated heterocycles. The summed E-state index contributed by atoms with van der Waals surface area (Å²) >= 11 is 0. The van der Waals surface area contributed by atoms with Gasteiger partial charge in [-0.05, 0) is 36.8 Å². The van der Waals surface area contributed by atoms with Gasteiger partial charge in [-0.1, -0.05) is 6.07 Å². The lowest BCUT2D eigenvalue weighted by molar-refractivity contribution is 0.619. The van der Waals surface area contributed by atoms with Gasteiger partial charge in [0.05, 0.1) is 11.9 Å². The fourth-order valence-corrected chi connectivity index (χ4v) is 1.32. The molecule has 2 aromatic rings. The van der Waals surface area contributed by atoms with E-state index in [2.05, 4.69) is 10.3 Å². The van der Waals surface area contributed by atoms with Gasteiger partial charge in [0, 0.05) is 5.69 Å². The lowest BCUT2D eigenvalue weighted by Gasteiger charge is -2.07. The van der Waals surface area contributed by atoms with Crippen molar-refractivity contribution in [3.63, 3.8) is 0 Å². The van der Waals surface area contributed by atoms with E-state index in [0.717, 1.165) is 5.69 Å². The van der Waals surface area contributed by atoms with Crippen LogP contribution in [0.3, 0.4) is 0 Å². The SMILES string of the molecule is Cc1ccc(Nc2ccc(N)nc2)cc1F. The van der Waals surface area contributed by atoms with E-state index in [1.807, 2.05) is 6.07 Å². The maximum atomic E-state index is 13.3. The number of aromatic nitrogens is 1. The second-order valence-corrected chi connectivity index (χ2v) is 3.56. The zero-order valence-corrected chi connectivity index (χ0v) is 8.87. The molecule has 0 fully saturated rings. The Kier molecular flexibility index (Phi) is 2.72. The number of anilines is 3. The third-order valence-corrected chi connectivity index (χ3v) is 2.25. The first kappa shape index (κ1) is 10.4. The maximum Gasteiger partial charge on any atom is 0.128 e. The van der Waals surface area contributed by atoms with Crippen LogP contribution in [0.2, 0.25) is 0 Å². The molecule has 0 atom stereocenters. The summed E-state index contributed by atoms with van der Waals surface area (Å²) in [5.41, 5.74) is 7.56. The van der Waals surface area contributed by atoms with Crippen LogP contribution in [0.5, 0.6) is 0 Å². The van der Waals surface area contributed by atoms with Crippen molar-refractivity contribution in [3.8, 4) is 0 Å². The molecular weight excluding hydrogens is 205 g/mol. The van der Waals surface area contributed by atoms with E-state index in [1.165, 1.54) is 6.07 Å². The Morgan fingerprint density at radius 2 is 1.94 bits per heavy atom. The molecule has 3 N–H and O–H groups in total. The first-order valence-corrected chi connectivity index (χ1v) is 4.90.